The molecule has 1 unspecified atom stereocenters. The van der Waals surface area contributed by atoms with Gasteiger partial charge in [0.15, 0.2) is 0 Å². The number of hydrogen-bond donors (Lipinski definition) is 1. The van der Waals surface area contributed by atoms with E-state index in [-0.39, 0.29) is 11.9 Å². The topological polar surface area (TPSA) is 24.5 Å². The third-order valence-corrected chi connectivity index (χ3v) is 2.76. The molecule has 0 aromatic heterocycles. The first-order valence-corrected chi connectivity index (χ1v) is 6.30. The van der Waals surface area contributed by atoms with Crippen molar-refractivity contribution in [2.24, 2.45) is 0 Å². The fraction of sp³-hybridized carbons (Fsp3) is 0.571. The maximum atomic E-state index is 13.4. The van der Waals surface area contributed by atoms with Crippen molar-refractivity contribution in [3.63, 3.8) is 0 Å². The van der Waals surface area contributed by atoms with E-state index >= 15 is 0 Å². The zero-order chi connectivity index (χ0) is 13.5. The Kier molecular flexibility index (Phi) is 6.09. The summed E-state index contributed by atoms with van der Waals surface area (Å²) in [6, 6.07) is 4.73. The molecule has 1 rings (SSSR count). The molecule has 3 nitrogen and oxygen atoms in total. The lowest BCUT2D eigenvalue weighted by atomic mass is 10.0. The van der Waals surface area contributed by atoms with Crippen LogP contribution in [0.4, 0.5) is 4.39 Å². The van der Waals surface area contributed by atoms with Crippen LogP contribution in [0.1, 0.15) is 24.9 Å². The summed E-state index contributed by atoms with van der Waals surface area (Å²) in [5, 5.41) is 3.43. The predicted octanol–water partition coefficient (Wildman–Crippen LogP) is 2.44. The number of nitrogens with one attached hydrogen (secondary N) is 1. The summed E-state index contributed by atoms with van der Waals surface area (Å²) in [4.78, 5) is 2.08. The van der Waals surface area contributed by atoms with Crippen molar-refractivity contribution in [1.29, 1.82) is 0 Å². The van der Waals surface area contributed by atoms with Gasteiger partial charge in [0, 0.05) is 18.2 Å². The lowest BCUT2D eigenvalue weighted by Crippen LogP contribution is -2.32. The summed E-state index contributed by atoms with van der Waals surface area (Å²) in [6.07, 6.45) is 1.04. The standard InChI is InChI=1S/C14H23FN2O/c1-5-8-16-13(10-17(2)3)12-9-11(15)6-7-14(12)18-4/h6-7,9,13,16H,5,8,10H2,1-4H3. The molecule has 0 fully saturated rings. The molecule has 0 heterocycles. The van der Waals surface area contributed by atoms with Gasteiger partial charge in [-0.3, -0.25) is 0 Å². The minimum atomic E-state index is -0.229. The van der Waals surface area contributed by atoms with E-state index in [1.54, 1.807) is 19.2 Å². The molecule has 0 amide bonds. The van der Waals surface area contributed by atoms with Crippen LogP contribution in [0, 0.1) is 5.82 Å². The van der Waals surface area contributed by atoms with Crippen molar-refractivity contribution >= 4 is 0 Å². The Balaban J connectivity index is 2.98. The Hall–Kier alpha value is -1.13. The van der Waals surface area contributed by atoms with Crippen LogP contribution in [0.15, 0.2) is 18.2 Å². The van der Waals surface area contributed by atoms with Gasteiger partial charge < -0.3 is 15.0 Å². The van der Waals surface area contributed by atoms with Crippen molar-refractivity contribution < 1.29 is 9.13 Å². The molecule has 0 spiro atoms. The van der Waals surface area contributed by atoms with E-state index in [1.165, 1.54) is 6.07 Å². The van der Waals surface area contributed by atoms with Gasteiger partial charge >= 0.3 is 0 Å². The smallest absolute Gasteiger partial charge is 0.123 e. The highest BCUT2D eigenvalue weighted by Gasteiger charge is 2.17. The third-order valence-electron chi connectivity index (χ3n) is 2.76. The summed E-state index contributed by atoms with van der Waals surface area (Å²) in [7, 11) is 5.63. The SMILES string of the molecule is CCCNC(CN(C)C)c1cc(F)ccc1OC. The molecule has 0 aliphatic carbocycles. The molecule has 4 heteroatoms. The fourth-order valence-corrected chi connectivity index (χ4v) is 1.93. The highest BCUT2D eigenvalue weighted by molar-refractivity contribution is 5.36. The molecular formula is C14H23FN2O. The van der Waals surface area contributed by atoms with Crippen LogP contribution in [-0.4, -0.2) is 39.2 Å². The van der Waals surface area contributed by atoms with Crippen LogP contribution in [-0.2, 0) is 0 Å². The second-order valence-electron chi connectivity index (χ2n) is 4.66. The Morgan fingerprint density at radius 2 is 2.11 bits per heavy atom. The Morgan fingerprint density at radius 1 is 1.39 bits per heavy atom. The van der Waals surface area contributed by atoms with Gasteiger partial charge in [0.1, 0.15) is 11.6 Å². The van der Waals surface area contributed by atoms with Gasteiger partial charge in [-0.05, 0) is 45.3 Å². The highest BCUT2D eigenvalue weighted by Crippen LogP contribution is 2.26. The summed E-state index contributed by atoms with van der Waals surface area (Å²) < 4.78 is 18.7. The van der Waals surface area contributed by atoms with Gasteiger partial charge in [-0.2, -0.15) is 0 Å². The zero-order valence-corrected chi connectivity index (χ0v) is 11.7. The summed E-state index contributed by atoms with van der Waals surface area (Å²) >= 11 is 0. The number of benzene rings is 1. The summed E-state index contributed by atoms with van der Waals surface area (Å²) in [6.45, 7) is 3.82. The van der Waals surface area contributed by atoms with E-state index in [0.29, 0.717) is 0 Å². The molecule has 0 saturated heterocycles. The van der Waals surface area contributed by atoms with Crippen LogP contribution in [0.25, 0.3) is 0 Å². The molecule has 0 aliphatic rings. The van der Waals surface area contributed by atoms with Crippen molar-refractivity contribution in [3.8, 4) is 5.75 Å². The summed E-state index contributed by atoms with van der Waals surface area (Å²) in [5.74, 6) is 0.500. The molecular weight excluding hydrogens is 231 g/mol. The number of nitrogens with zero attached hydrogens (tertiary/aromatic N) is 1. The molecule has 18 heavy (non-hydrogen) atoms. The van der Waals surface area contributed by atoms with E-state index in [4.69, 9.17) is 4.74 Å². The van der Waals surface area contributed by atoms with Crippen LogP contribution in [0.2, 0.25) is 0 Å². The summed E-state index contributed by atoms with van der Waals surface area (Å²) in [5.41, 5.74) is 0.875. The third kappa shape index (κ3) is 4.27. The number of hydrogen-bond acceptors (Lipinski definition) is 3. The molecule has 102 valence electrons. The minimum absolute atomic E-state index is 0.0746. The van der Waals surface area contributed by atoms with E-state index in [9.17, 15) is 4.39 Å². The van der Waals surface area contributed by atoms with Crippen molar-refractivity contribution in [2.75, 3.05) is 34.3 Å². The average molecular weight is 254 g/mol. The second-order valence-corrected chi connectivity index (χ2v) is 4.66. The Bertz CT molecular complexity index is 369. The lowest BCUT2D eigenvalue weighted by molar-refractivity contribution is 0.330. The molecule has 0 saturated carbocycles. The second kappa shape index (κ2) is 7.34. The quantitative estimate of drug-likeness (QED) is 0.809. The molecule has 1 atom stereocenters. The van der Waals surface area contributed by atoms with Gasteiger partial charge in [0.2, 0.25) is 0 Å². The molecule has 1 aromatic rings. The lowest BCUT2D eigenvalue weighted by Gasteiger charge is -2.24. The molecule has 0 bridgehead atoms. The zero-order valence-electron chi connectivity index (χ0n) is 11.7. The maximum Gasteiger partial charge on any atom is 0.123 e. The molecule has 1 aromatic carbocycles. The normalized spacial score (nSPS) is 12.8. The predicted molar refractivity (Wildman–Crippen MR) is 72.5 cm³/mol. The van der Waals surface area contributed by atoms with Gasteiger partial charge in [0.05, 0.1) is 7.11 Å². The van der Waals surface area contributed by atoms with E-state index in [0.717, 1.165) is 30.8 Å². The largest absolute Gasteiger partial charge is 0.496 e. The van der Waals surface area contributed by atoms with Crippen molar-refractivity contribution in [2.45, 2.75) is 19.4 Å². The Labute approximate surface area is 109 Å². The molecule has 0 aliphatic heterocycles. The van der Waals surface area contributed by atoms with E-state index in [1.807, 2.05) is 14.1 Å². The van der Waals surface area contributed by atoms with Gasteiger partial charge in [-0.25, -0.2) is 4.39 Å². The van der Waals surface area contributed by atoms with E-state index < -0.39 is 0 Å². The van der Waals surface area contributed by atoms with Gasteiger partial charge in [-0.1, -0.05) is 6.92 Å². The number of halogens is 1. The van der Waals surface area contributed by atoms with Crippen LogP contribution >= 0.6 is 0 Å². The Morgan fingerprint density at radius 3 is 2.67 bits per heavy atom. The molecule has 0 radical (unpaired) electrons. The van der Waals surface area contributed by atoms with Crippen molar-refractivity contribution in [3.05, 3.63) is 29.6 Å². The first-order chi connectivity index (χ1) is 8.58. The monoisotopic (exact) mass is 254 g/mol. The number of rotatable bonds is 7. The number of likely N-dealkylation sites (N-methyl/N-ethyl adjacent to an activating group) is 1. The maximum absolute atomic E-state index is 13.4. The van der Waals surface area contributed by atoms with Crippen LogP contribution in [0.3, 0.4) is 0 Å². The fourth-order valence-electron chi connectivity index (χ4n) is 1.93. The highest BCUT2D eigenvalue weighted by atomic mass is 19.1. The number of ether oxygens (including phenoxy) is 1. The average Bonchev–Trinajstić information content (AvgIpc) is 2.34. The van der Waals surface area contributed by atoms with E-state index in [2.05, 4.69) is 17.1 Å². The van der Waals surface area contributed by atoms with Crippen LogP contribution < -0.4 is 10.1 Å². The first kappa shape index (κ1) is 14.9. The molecule has 1 N–H and O–H groups in total. The van der Waals surface area contributed by atoms with Crippen LogP contribution in [0.5, 0.6) is 5.75 Å². The number of methoxy groups -OCH3 is 1. The minimum Gasteiger partial charge on any atom is -0.496 e. The first-order valence-electron chi connectivity index (χ1n) is 6.30. The van der Waals surface area contributed by atoms with Gasteiger partial charge in [0.25, 0.3) is 0 Å². The van der Waals surface area contributed by atoms with Gasteiger partial charge in [-0.15, -0.1) is 0 Å². The van der Waals surface area contributed by atoms with Crippen molar-refractivity contribution in [1.82, 2.24) is 10.2 Å².